The molecule has 10 aromatic carbocycles. The van der Waals surface area contributed by atoms with E-state index in [9.17, 15) is 0 Å². The van der Waals surface area contributed by atoms with Crippen molar-refractivity contribution >= 4 is 65.2 Å². The van der Waals surface area contributed by atoms with Crippen LogP contribution < -0.4 is 0 Å². The molecule has 4 heteroatoms. The molecule has 0 aliphatic carbocycles. The third-order valence-electron chi connectivity index (χ3n) is 12.9. The number of rotatable bonds is 6. The first-order valence-corrected chi connectivity index (χ1v) is 21.8. The van der Waals surface area contributed by atoms with E-state index in [1.807, 2.05) is 0 Å². The van der Waals surface area contributed by atoms with Crippen molar-refractivity contribution in [3.05, 3.63) is 231 Å². The number of fused-ring (bicyclic) bond motifs is 9. The van der Waals surface area contributed by atoms with E-state index in [0.717, 1.165) is 67.1 Å². The summed E-state index contributed by atoms with van der Waals surface area (Å²) in [5, 5.41) is 9.73. The van der Waals surface area contributed by atoms with Gasteiger partial charge in [-0.25, -0.2) is 9.97 Å². The quantitative estimate of drug-likeness (QED) is 0.157. The molecule has 13 aromatic rings. The first-order valence-electron chi connectivity index (χ1n) is 21.8. The molecular weight excluding hydrogens is 777 g/mol. The summed E-state index contributed by atoms with van der Waals surface area (Å²) in [4.78, 5) is 11.0. The number of aromatic nitrogens is 4. The third-order valence-corrected chi connectivity index (χ3v) is 12.9. The second kappa shape index (κ2) is 14.5. The van der Waals surface area contributed by atoms with Crippen LogP contribution in [-0.4, -0.2) is 19.1 Å². The van der Waals surface area contributed by atoms with Crippen molar-refractivity contribution in [3.8, 4) is 56.4 Å². The molecule has 64 heavy (non-hydrogen) atoms. The Kier molecular flexibility index (Phi) is 8.18. The van der Waals surface area contributed by atoms with Crippen molar-refractivity contribution in [1.29, 1.82) is 0 Å². The van der Waals surface area contributed by atoms with Gasteiger partial charge in [-0.1, -0.05) is 164 Å². The second-order valence-corrected chi connectivity index (χ2v) is 16.6. The molecule has 0 aliphatic rings. The maximum absolute atomic E-state index is 5.53. The van der Waals surface area contributed by atoms with Gasteiger partial charge in [-0.3, -0.25) is 0 Å². The number of hydrogen-bond acceptors (Lipinski definition) is 2. The van der Waals surface area contributed by atoms with Gasteiger partial charge >= 0.3 is 0 Å². The van der Waals surface area contributed by atoms with Crippen LogP contribution in [0.25, 0.3) is 122 Å². The van der Waals surface area contributed by atoms with Crippen molar-refractivity contribution in [2.45, 2.75) is 0 Å². The number of para-hydroxylation sites is 4. The van der Waals surface area contributed by atoms with Crippen molar-refractivity contribution in [1.82, 2.24) is 19.1 Å². The molecular formula is C60H38N4. The summed E-state index contributed by atoms with van der Waals surface area (Å²) in [5.41, 5.74) is 13.7. The van der Waals surface area contributed by atoms with Gasteiger partial charge in [-0.2, -0.15) is 0 Å². The molecule has 298 valence electrons. The topological polar surface area (TPSA) is 35.6 Å². The fourth-order valence-corrected chi connectivity index (χ4v) is 9.98. The fourth-order valence-electron chi connectivity index (χ4n) is 9.98. The van der Waals surface area contributed by atoms with Gasteiger partial charge in [-0.05, 0) is 99.4 Å². The first kappa shape index (κ1) is 36.1. The molecule has 3 heterocycles. The lowest BCUT2D eigenvalue weighted by Crippen LogP contribution is -2.00. The lowest BCUT2D eigenvalue weighted by atomic mass is 9.92. The average molecular weight is 815 g/mol. The molecule has 0 spiro atoms. The Bertz CT molecular complexity index is 3900. The van der Waals surface area contributed by atoms with Crippen LogP contribution in [0.2, 0.25) is 0 Å². The highest BCUT2D eigenvalue weighted by Gasteiger charge is 2.20. The molecule has 0 radical (unpaired) electrons. The minimum absolute atomic E-state index is 0.661. The minimum Gasteiger partial charge on any atom is -0.309 e. The molecule has 0 atom stereocenters. The monoisotopic (exact) mass is 814 g/mol. The van der Waals surface area contributed by atoms with E-state index >= 15 is 0 Å². The lowest BCUT2D eigenvalue weighted by Gasteiger charge is -2.16. The van der Waals surface area contributed by atoms with Gasteiger partial charge in [0, 0.05) is 49.6 Å². The zero-order valence-electron chi connectivity index (χ0n) is 34.7. The van der Waals surface area contributed by atoms with Crippen LogP contribution in [0.3, 0.4) is 0 Å². The van der Waals surface area contributed by atoms with Gasteiger partial charge in [0.15, 0.2) is 5.82 Å². The maximum atomic E-state index is 5.53. The predicted molar refractivity (Wildman–Crippen MR) is 267 cm³/mol. The standard InChI is InChI=1S/C60H38N4/c1-3-17-39(18-4-1)54-38-55(41-31-32-52-51-27-13-14-28-56(51)63(59(52)37-41)44-20-5-2-6-21-44)62-60(61-54)43-33-42(53-36-40-19-7-8-22-46(40)47-23-9-10-24-48(47)53)34-45(35-43)64-57-29-15-11-25-49(57)50-26-12-16-30-58(50)64/h1-38H. The van der Waals surface area contributed by atoms with Gasteiger partial charge in [0.05, 0.1) is 33.5 Å². The third kappa shape index (κ3) is 5.77. The van der Waals surface area contributed by atoms with Gasteiger partial charge in [0.1, 0.15) is 0 Å². The SMILES string of the molecule is c1ccc(-c2cc(-c3ccc4c5ccccc5n(-c5ccccc5)c4c3)nc(-c3cc(-c4cc5ccccc5c5ccccc45)cc(-n4c5ccccc5c5ccccc54)c3)n2)cc1. The Hall–Kier alpha value is -8.60. The molecule has 0 saturated carbocycles. The molecule has 0 aliphatic heterocycles. The van der Waals surface area contributed by atoms with Crippen LogP contribution >= 0.6 is 0 Å². The van der Waals surface area contributed by atoms with Crippen molar-refractivity contribution in [2.75, 3.05) is 0 Å². The van der Waals surface area contributed by atoms with E-state index in [-0.39, 0.29) is 0 Å². The van der Waals surface area contributed by atoms with Gasteiger partial charge < -0.3 is 9.13 Å². The molecule has 0 bridgehead atoms. The van der Waals surface area contributed by atoms with Gasteiger partial charge in [0.2, 0.25) is 0 Å². The number of nitrogens with zero attached hydrogens (tertiary/aromatic N) is 4. The summed E-state index contributed by atoms with van der Waals surface area (Å²) < 4.78 is 4.77. The van der Waals surface area contributed by atoms with E-state index in [4.69, 9.17) is 9.97 Å². The summed E-state index contributed by atoms with van der Waals surface area (Å²) in [6.07, 6.45) is 0. The average Bonchev–Trinajstić information content (AvgIpc) is 3.89. The van der Waals surface area contributed by atoms with Crippen LogP contribution in [-0.2, 0) is 0 Å². The molecule has 0 fully saturated rings. The van der Waals surface area contributed by atoms with Crippen LogP contribution in [0.15, 0.2) is 231 Å². The van der Waals surface area contributed by atoms with E-state index in [0.29, 0.717) is 5.82 Å². The summed E-state index contributed by atoms with van der Waals surface area (Å²) in [6, 6.07) is 82.8. The molecule has 0 saturated heterocycles. The zero-order chi connectivity index (χ0) is 42.1. The highest BCUT2D eigenvalue weighted by molar-refractivity contribution is 6.15. The predicted octanol–water partition coefficient (Wildman–Crippen LogP) is 15.6. The van der Waals surface area contributed by atoms with Crippen molar-refractivity contribution in [2.24, 2.45) is 0 Å². The van der Waals surface area contributed by atoms with Crippen LogP contribution in [0.4, 0.5) is 0 Å². The summed E-state index contributed by atoms with van der Waals surface area (Å²) in [7, 11) is 0. The second-order valence-electron chi connectivity index (χ2n) is 16.6. The number of benzene rings is 10. The Morgan fingerprint density at radius 2 is 0.766 bits per heavy atom. The first-order chi connectivity index (χ1) is 31.7. The lowest BCUT2D eigenvalue weighted by molar-refractivity contribution is 1.16. The minimum atomic E-state index is 0.661. The summed E-state index contributed by atoms with van der Waals surface area (Å²) in [5.74, 6) is 0.661. The Balaban J connectivity index is 1.10. The summed E-state index contributed by atoms with van der Waals surface area (Å²) >= 11 is 0. The molecule has 13 rings (SSSR count). The molecule has 3 aromatic heterocycles. The zero-order valence-corrected chi connectivity index (χ0v) is 34.7. The normalized spacial score (nSPS) is 11.8. The molecule has 0 N–H and O–H groups in total. The highest BCUT2D eigenvalue weighted by Crippen LogP contribution is 2.41. The maximum Gasteiger partial charge on any atom is 0.160 e. The van der Waals surface area contributed by atoms with Crippen LogP contribution in [0.1, 0.15) is 0 Å². The van der Waals surface area contributed by atoms with Crippen molar-refractivity contribution < 1.29 is 0 Å². The van der Waals surface area contributed by atoms with Gasteiger partial charge in [0.25, 0.3) is 0 Å². The Morgan fingerprint density at radius 3 is 1.44 bits per heavy atom. The highest BCUT2D eigenvalue weighted by atomic mass is 15.0. The molecule has 0 amide bonds. The van der Waals surface area contributed by atoms with E-state index in [2.05, 4.69) is 240 Å². The molecule has 0 unspecified atom stereocenters. The molecule has 4 nitrogen and oxygen atoms in total. The van der Waals surface area contributed by atoms with E-state index in [1.54, 1.807) is 0 Å². The Morgan fingerprint density at radius 1 is 0.266 bits per heavy atom. The van der Waals surface area contributed by atoms with Crippen molar-refractivity contribution in [3.63, 3.8) is 0 Å². The van der Waals surface area contributed by atoms with Gasteiger partial charge in [-0.15, -0.1) is 0 Å². The van der Waals surface area contributed by atoms with Crippen LogP contribution in [0.5, 0.6) is 0 Å². The fraction of sp³-hybridized carbons (Fsp3) is 0. The number of hydrogen-bond donors (Lipinski definition) is 0. The van der Waals surface area contributed by atoms with E-state index < -0.39 is 0 Å². The summed E-state index contributed by atoms with van der Waals surface area (Å²) in [6.45, 7) is 0. The van der Waals surface area contributed by atoms with E-state index in [1.165, 1.54) is 48.6 Å². The largest absolute Gasteiger partial charge is 0.309 e. The Labute approximate surface area is 369 Å². The van der Waals surface area contributed by atoms with Crippen LogP contribution in [0, 0.1) is 0 Å². The smallest absolute Gasteiger partial charge is 0.160 e.